The Labute approximate surface area is 136 Å². The summed E-state index contributed by atoms with van der Waals surface area (Å²) < 4.78 is 0. The number of hydrogen-bond acceptors (Lipinski definition) is 4. The van der Waals surface area contributed by atoms with E-state index in [2.05, 4.69) is 36.4 Å². The van der Waals surface area contributed by atoms with Crippen molar-refractivity contribution < 1.29 is 4.79 Å². The largest absolute Gasteiger partial charge is 0.355 e. The van der Waals surface area contributed by atoms with Gasteiger partial charge in [0, 0.05) is 24.0 Å². The maximum absolute atomic E-state index is 11.7. The van der Waals surface area contributed by atoms with Crippen LogP contribution in [0.25, 0.3) is 0 Å². The number of aromatic nitrogens is 1. The molecule has 0 radical (unpaired) electrons. The fourth-order valence-corrected chi connectivity index (χ4v) is 3.10. The van der Waals surface area contributed by atoms with E-state index < -0.39 is 0 Å². The third-order valence-corrected chi connectivity index (χ3v) is 5.11. The van der Waals surface area contributed by atoms with Crippen LogP contribution in [0.5, 0.6) is 0 Å². The Hall–Kier alpha value is -1.72. The first kappa shape index (κ1) is 16.6. The summed E-state index contributed by atoms with van der Waals surface area (Å²) in [6.07, 6.45) is 0. The van der Waals surface area contributed by atoms with E-state index >= 15 is 0 Å². The van der Waals surface area contributed by atoms with Crippen molar-refractivity contribution in [3.63, 3.8) is 0 Å². The van der Waals surface area contributed by atoms with Crippen LogP contribution in [0, 0.1) is 13.8 Å². The van der Waals surface area contributed by atoms with E-state index in [1.54, 1.807) is 18.4 Å². The van der Waals surface area contributed by atoms with Gasteiger partial charge in [-0.05, 0) is 45.4 Å². The van der Waals surface area contributed by atoms with Gasteiger partial charge in [-0.1, -0.05) is 12.1 Å². The van der Waals surface area contributed by atoms with E-state index in [1.807, 2.05) is 31.2 Å². The lowest BCUT2D eigenvalue weighted by Crippen LogP contribution is -2.36. The van der Waals surface area contributed by atoms with Crippen molar-refractivity contribution in [1.82, 2.24) is 15.6 Å². The molecule has 1 heterocycles. The number of amides is 1. The molecule has 1 amide bonds. The van der Waals surface area contributed by atoms with Gasteiger partial charge >= 0.3 is 0 Å². The highest BCUT2D eigenvalue weighted by atomic mass is 32.1. The van der Waals surface area contributed by atoms with Crippen LogP contribution in [0.1, 0.15) is 45.3 Å². The van der Waals surface area contributed by atoms with Crippen LogP contribution in [0.15, 0.2) is 24.3 Å². The minimum Gasteiger partial charge on any atom is -0.355 e. The van der Waals surface area contributed by atoms with Gasteiger partial charge in [-0.3, -0.25) is 4.79 Å². The molecule has 1 aromatic carbocycles. The van der Waals surface area contributed by atoms with Crippen LogP contribution in [0.2, 0.25) is 0 Å². The second kappa shape index (κ2) is 6.58. The van der Waals surface area contributed by atoms with Gasteiger partial charge in [0.1, 0.15) is 5.01 Å². The lowest BCUT2D eigenvalue weighted by Gasteiger charge is -2.24. The maximum Gasteiger partial charge on any atom is 0.251 e. The summed E-state index contributed by atoms with van der Waals surface area (Å²) in [5.74, 6) is -0.0627. The first-order valence-corrected chi connectivity index (χ1v) is 8.15. The molecule has 4 nitrogen and oxygen atoms in total. The molecule has 0 saturated carbocycles. The summed E-state index contributed by atoms with van der Waals surface area (Å²) >= 11 is 1.73. The summed E-state index contributed by atoms with van der Waals surface area (Å²) in [4.78, 5) is 17.6. The van der Waals surface area contributed by atoms with E-state index in [0.29, 0.717) is 12.1 Å². The SMILES string of the molecule is CNC(=O)c1cccc(CNC(C)(C)c2nc(C)c(C)s2)c1. The van der Waals surface area contributed by atoms with Crippen molar-refractivity contribution >= 4 is 17.2 Å². The van der Waals surface area contributed by atoms with Crippen LogP contribution < -0.4 is 10.6 Å². The Balaban J connectivity index is 2.10. The molecule has 0 saturated heterocycles. The highest BCUT2D eigenvalue weighted by Crippen LogP contribution is 2.27. The van der Waals surface area contributed by atoms with E-state index in [1.165, 1.54) is 4.88 Å². The van der Waals surface area contributed by atoms with E-state index in [4.69, 9.17) is 0 Å². The topological polar surface area (TPSA) is 54.0 Å². The third kappa shape index (κ3) is 3.72. The molecular weight excluding hydrogens is 294 g/mol. The van der Waals surface area contributed by atoms with Crippen LogP contribution in [0.4, 0.5) is 0 Å². The zero-order valence-corrected chi connectivity index (χ0v) is 14.6. The zero-order valence-electron chi connectivity index (χ0n) is 13.8. The minimum absolute atomic E-state index is 0.0627. The fourth-order valence-electron chi connectivity index (χ4n) is 2.11. The number of rotatable bonds is 5. The third-order valence-electron chi connectivity index (χ3n) is 3.71. The molecule has 2 aromatic rings. The number of carbonyl (C=O) groups excluding carboxylic acids is 1. The molecule has 0 unspecified atom stereocenters. The molecule has 0 fully saturated rings. The average Bonchev–Trinajstić information content (AvgIpc) is 2.85. The first-order chi connectivity index (χ1) is 10.3. The number of nitrogens with one attached hydrogen (secondary N) is 2. The number of nitrogens with zero attached hydrogens (tertiary/aromatic N) is 1. The maximum atomic E-state index is 11.7. The fraction of sp³-hybridized carbons (Fsp3) is 0.412. The highest BCUT2D eigenvalue weighted by molar-refractivity contribution is 7.11. The molecule has 0 aliphatic rings. The first-order valence-electron chi connectivity index (χ1n) is 7.34. The second-order valence-corrected chi connectivity index (χ2v) is 7.12. The number of carbonyl (C=O) groups is 1. The Kier molecular flexibility index (Phi) is 4.98. The highest BCUT2D eigenvalue weighted by Gasteiger charge is 2.24. The molecule has 0 bridgehead atoms. The van der Waals surface area contributed by atoms with Gasteiger partial charge in [0.05, 0.1) is 11.2 Å². The van der Waals surface area contributed by atoms with Crippen LogP contribution in [0.3, 0.4) is 0 Å². The predicted molar refractivity (Wildman–Crippen MR) is 91.3 cm³/mol. The van der Waals surface area contributed by atoms with Gasteiger partial charge in [-0.25, -0.2) is 4.98 Å². The normalized spacial score (nSPS) is 11.5. The van der Waals surface area contributed by atoms with Gasteiger partial charge in [0.15, 0.2) is 0 Å². The number of thiazole rings is 1. The lowest BCUT2D eigenvalue weighted by molar-refractivity contribution is 0.0963. The standard InChI is InChI=1S/C17H23N3OS/c1-11-12(2)22-16(20-11)17(3,4)19-10-13-7-6-8-14(9-13)15(21)18-5/h6-9,19H,10H2,1-5H3,(H,18,21). The minimum atomic E-state index is -0.202. The number of hydrogen-bond donors (Lipinski definition) is 2. The van der Waals surface area contributed by atoms with E-state index in [0.717, 1.165) is 16.3 Å². The van der Waals surface area contributed by atoms with E-state index in [9.17, 15) is 4.79 Å². The smallest absolute Gasteiger partial charge is 0.251 e. The Bertz CT molecular complexity index is 657. The molecular formula is C17H23N3OS. The molecule has 0 spiro atoms. The molecule has 2 rings (SSSR count). The number of benzene rings is 1. The lowest BCUT2D eigenvalue weighted by atomic mass is 10.0. The Morgan fingerprint density at radius 2 is 2.05 bits per heavy atom. The molecule has 1 aromatic heterocycles. The van der Waals surface area contributed by atoms with Gasteiger partial charge < -0.3 is 10.6 Å². The van der Waals surface area contributed by atoms with Crippen molar-refractivity contribution in [2.24, 2.45) is 0 Å². The molecule has 5 heteroatoms. The molecule has 0 aliphatic heterocycles. The predicted octanol–water partition coefficient (Wildman–Crippen LogP) is 3.14. The quantitative estimate of drug-likeness (QED) is 0.891. The Morgan fingerprint density at radius 3 is 2.64 bits per heavy atom. The van der Waals surface area contributed by atoms with Crippen molar-refractivity contribution in [3.8, 4) is 0 Å². The van der Waals surface area contributed by atoms with Crippen molar-refractivity contribution in [2.75, 3.05) is 7.05 Å². The summed E-state index contributed by atoms with van der Waals surface area (Å²) in [5, 5.41) is 7.27. The van der Waals surface area contributed by atoms with Gasteiger partial charge in [-0.2, -0.15) is 0 Å². The Morgan fingerprint density at radius 1 is 1.32 bits per heavy atom. The molecule has 118 valence electrons. The monoisotopic (exact) mass is 317 g/mol. The summed E-state index contributed by atoms with van der Waals surface area (Å²) in [6, 6.07) is 7.67. The van der Waals surface area contributed by atoms with Crippen molar-refractivity contribution in [2.45, 2.75) is 39.8 Å². The van der Waals surface area contributed by atoms with Gasteiger partial charge in [-0.15, -0.1) is 11.3 Å². The van der Waals surface area contributed by atoms with Crippen LogP contribution in [-0.4, -0.2) is 17.9 Å². The van der Waals surface area contributed by atoms with Crippen molar-refractivity contribution in [1.29, 1.82) is 0 Å². The summed E-state index contributed by atoms with van der Waals surface area (Å²) in [7, 11) is 1.64. The van der Waals surface area contributed by atoms with Crippen LogP contribution >= 0.6 is 11.3 Å². The van der Waals surface area contributed by atoms with Crippen molar-refractivity contribution in [3.05, 3.63) is 51.0 Å². The average molecular weight is 317 g/mol. The molecule has 0 atom stereocenters. The molecule has 22 heavy (non-hydrogen) atoms. The zero-order chi connectivity index (χ0) is 16.3. The summed E-state index contributed by atoms with van der Waals surface area (Å²) in [6.45, 7) is 9.09. The van der Waals surface area contributed by atoms with Gasteiger partial charge in [0.25, 0.3) is 5.91 Å². The number of aryl methyl sites for hydroxylation is 2. The van der Waals surface area contributed by atoms with E-state index in [-0.39, 0.29) is 11.4 Å². The molecule has 0 aliphatic carbocycles. The van der Waals surface area contributed by atoms with Crippen LogP contribution in [-0.2, 0) is 12.1 Å². The summed E-state index contributed by atoms with van der Waals surface area (Å²) in [5.41, 5.74) is 2.66. The van der Waals surface area contributed by atoms with Gasteiger partial charge in [0.2, 0.25) is 0 Å². The molecule has 2 N–H and O–H groups in total. The second-order valence-electron chi connectivity index (χ2n) is 5.92.